The van der Waals surface area contributed by atoms with Crippen LogP contribution in [0.5, 0.6) is 5.75 Å². The zero-order valence-electron chi connectivity index (χ0n) is 10.4. The normalized spacial score (nSPS) is 12.9. The van der Waals surface area contributed by atoms with Gasteiger partial charge in [0.15, 0.2) is 0 Å². The number of benzene rings is 1. The first kappa shape index (κ1) is 11.1. The summed E-state index contributed by atoms with van der Waals surface area (Å²) in [7, 11) is 0. The van der Waals surface area contributed by atoms with Gasteiger partial charge in [-0.2, -0.15) is 0 Å². The SMILES string of the molecule is Cc1ccc(CNc2ccc3c(c2)CCO3)cn1. The molecule has 0 amide bonds. The molecule has 3 heteroatoms. The van der Waals surface area contributed by atoms with Crippen LogP contribution in [0.15, 0.2) is 36.5 Å². The Hall–Kier alpha value is -2.03. The summed E-state index contributed by atoms with van der Waals surface area (Å²) in [6, 6.07) is 10.4. The molecule has 3 rings (SSSR count). The molecule has 0 fully saturated rings. The van der Waals surface area contributed by atoms with Crippen LogP contribution in [0.25, 0.3) is 0 Å². The Labute approximate surface area is 107 Å². The molecule has 92 valence electrons. The van der Waals surface area contributed by atoms with Crippen molar-refractivity contribution in [2.24, 2.45) is 0 Å². The van der Waals surface area contributed by atoms with E-state index < -0.39 is 0 Å². The highest BCUT2D eigenvalue weighted by Crippen LogP contribution is 2.27. The number of hydrogen-bond acceptors (Lipinski definition) is 3. The van der Waals surface area contributed by atoms with Crippen molar-refractivity contribution in [2.45, 2.75) is 19.9 Å². The van der Waals surface area contributed by atoms with Crippen LogP contribution >= 0.6 is 0 Å². The third-order valence-corrected chi connectivity index (χ3v) is 3.16. The van der Waals surface area contributed by atoms with Gasteiger partial charge in [0.05, 0.1) is 6.61 Å². The molecule has 2 heterocycles. The molecule has 3 nitrogen and oxygen atoms in total. The number of pyridine rings is 1. The average Bonchev–Trinajstić information content (AvgIpc) is 2.85. The molecule has 1 aliphatic rings. The van der Waals surface area contributed by atoms with E-state index in [0.29, 0.717) is 0 Å². The van der Waals surface area contributed by atoms with E-state index in [9.17, 15) is 0 Å². The third-order valence-electron chi connectivity index (χ3n) is 3.16. The van der Waals surface area contributed by atoms with Crippen molar-refractivity contribution in [3.8, 4) is 5.75 Å². The molecule has 0 spiro atoms. The summed E-state index contributed by atoms with van der Waals surface area (Å²) < 4.78 is 5.49. The van der Waals surface area contributed by atoms with Gasteiger partial charge in [-0.25, -0.2) is 0 Å². The molecule has 1 aromatic carbocycles. The lowest BCUT2D eigenvalue weighted by molar-refractivity contribution is 0.357. The molecule has 0 saturated heterocycles. The van der Waals surface area contributed by atoms with Crippen LogP contribution in [-0.2, 0) is 13.0 Å². The summed E-state index contributed by atoms with van der Waals surface area (Å²) in [5.74, 6) is 1.03. The summed E-state index contributed by atoms with van der Waals surface area (Å²) in [6.45, 7) is 3.60. The minimum Gasteiger partial charge on any atom is -0.493 e. The van der Waals surface area contributed by atoms with Crippen LogP contribution in [-0.4, -0.2) is 11.6 Å². The summed E-state index contributed by atoms with van der Waals surface area (Å²) >= 11 is 0. The van der Waals surface area contributed by atoms with Gasteiger partial charge in [0, 0.05) is 30.5 Å². The van der Waals surface area contributed by atoms with E-state index in [1.807, 2.05) is 25.3 Å². The van der Waals surface area contributed by atoms with Gasteiger partial charge in [0.25, 0.3) is 0 Å². The highest BCUT2D eigenvalue weighted by Gasteiger charge is 2.11. The Morgan fingerprint density at radius 1 is 1.28 bits per heavy atom. The fraction of sp³-hybridized carbons (Fsp3) is 0.267. The second-order valence-corrected chi connectivity index (χ2v) is 4.58. The number of rotatable bonds is 3. The van der Waals surface area contributed by atoms with Crippen molar-refractivity contribution in [1.29, 1.82) is 0 Å². The van der Waals surface area contributed by atoms with Crippen molar-refractivity contribution < 1.29 is 4.74 Å². The van der Waals surface area contributed by atoms with E-state index in [0.717, 1.165) is 36.7 Å². The van der Waals surface area contributed by atoms with Crippen molar-refractivity contribution in [1.82, 2.24) is 4.98 Å². The predicted molar refractivity (Wildman–Crippen MR) is 71.9 cm³/mol. The van der Waals surface area contributed by atoms with Crippen molar-refractivity contribution in [2.75, 3.05) is 11.9 Å². The van der Waals surface area contributed by atoms with E-state index in [1.54, 1.807) is 0 Å². The second kappa shape index (κ2) is 4.69. The Bertz CT molecular complexity index is 549. The Morgan fingerprint density at radius 3 is 3.06 bits per heavy atom. The molecular weight excluding hydrogens is 224 g/mol. The molecule has 0 aliphatic carbocycles. The highest BCUT2D eigenvalue weighted by molar-refractivity contribution is 5.52. The largest absolute Gasteiger partial charge is 0.493 e. The third kappa shape index (κ3) is 2.30. The minimum absolute atomic E-state index is 0.799. The Morgan fingerprint density at radius 2 is 2.22 bits per heavy atom. The number of fused-ring (bicyclic) bond motifs is 1. The first-order valence-corrected chi connectivity index (χ1v) is 6.22. The van der Waals surface area contributed by atoms with E-state index in [-0.39, 0.29) is 0 Å². The molecule has 0 bridgehead atoms. The maximum absolute atomic E-state index is 5.49. The predicted octanol–water partition coefficient (Wildman–Crippen LogP) is 2.94. The number of nitrogens with one attached hydrogen (secondary N) is 1. The molecule has 2 aromatic rings. The molecule has 18 heavy (non-hydrogen) atoms. The zero-order chi connectivity index (χ0) is 12.4. The van der Waals surface area contributed by atoms with Crippen LogP contribution in [0.4, 0.5) is 5.69 Å². The first-order chi connectivity index (χ1) is 8.81. The topological polar surface area (TPSA) is 34.1 Å². The Balaban J connectivity index is 1.68. The van der Waals surface area contributed by atoms with Crippen LogP contribution in [0.1, 0.15) is 16.8 Å². The van der Waals surface area contributed by atoms with E-state index in [2.05, 4.69) is 28.5 Å². The van der Waals surface area contributed by atoms with Crippen molar-refractivity contribution >= 4 is 5.69 Å². The lowest BCUT2D eigenvalue weighted by Crippen LogP contribution is -2.00. The van der Waals surface area contributed by atoms with Gasteiger partial charge in [-0.1, -0.05) is 6.07 Å². The quantitative estimate of drug-likeness (QED) is 0.895. The smallest absolute Gasteiger partial charge is 0.122 e. The van der Waals surface area contributed by atoms with Crippen LogP contribution in [0, 0.1) is 6.92 Å². The number of ether oxygens (including phenoxy) is 1. The van der Waals surface area contributed by atoms with Crippen LogP contribution in [0.2, 0.25) is 0 Å². The maximum Gasteiger partial charge on any atom is 0.122 e. The lowest BCUT2D eigenvalue weighted by Gasteiger charge is -2.08. The molecule has 0 atom stereocenters. The van der Waals surface area contributed by atoms with Crippen molar-refractivity contribution in [3.05, 3.63) is 53.3 Å². The van der Waals surface area contributed by atoms with Gasteiger partial charge in [-0.3, -0.25) is 4.98 Å². The van der Waals surface area contributed by atoms with Gasteiger partial charge >= 0.3 is 0 Å². The first-order valence-electron chi connectivity index (χ1n) is 6.22. The highest BCUT2D eigenvalue weighted by atomic mass is 16.5. The molecule has 1 N–H and O–H groups in total. The molecule has 0 saturated carbocycles. The Kier molecular flexibility index (Phi) is 2.89. The molecular formula is C15H16N2O. The standard InChI is InChI=1S/C15H16N2O/c1-11-2-3-12(9-16-11)10-17-14-4-5-15-13(8-14)6-7-18-15/h2-5,8-9,17H,6-7,10H2,1H3. The number of hydrogen-bond donors (Lipinski definition) is 1. The van der Waals surface area contributed by atoms with Crippen molar-refractivity contribution in [3.63, 3.8) is 0 Å². The van der Waals surface area contributed by atoms with Gasteiger partial charge in [0.2, 0.25) is 0 Å². The summed E-state index contributed by atoms with van der Waals surface area (Å²) in [4.78, 5) is 4.29. The molecule has 0 radical (unpaired) electrons. The molecule has 1 aliphatic heterocycles. The van der Waals surface area contributed by atoms with Gasteiger partial charge in [0.1, 0.15) is 5.75 Å². The number of aryl methyl sites for hydroxylation is 1. The fourth-order valence-corrected chi connectivity index (χ4v) is 2.10. The van der Waals surface area contributed by atoms with Gasteiger partial charge in [-0.05, 0) is 42.3 Å². The summed E-state index contributed by atoms with van der Waals surface area (Å²) in [6.07, 6.45) is 2.93. The van der Waals surface area contributed by atoms with E-state index >= 15 is 0 Å². The average molecular weight is 240 g/mol. The van der Waals surface area contributed by atoms with E-state index in [4.69, 9.17) is 4.74 Å². The van der Waals surface area contributed by atoms with Gasteiger partial charge in [-0.15, -0.1) is 0 Å². The summed E-state index contributed by atoms with van der Waals surface area (Å²) in [5, 5.41) is 3.41. The second-order valence-electron chi connectivity index (χ2n) is 4.58. The minimum atomic E-state index is 0.799. The lowest BCUT2D eigenvalue weighted by atomic mass is 10.1. The number of aromatic nitrogens is 1. The van der Waals surface area contributed by atoms with E-state index in [1.165, 1.54) is 11.1 Å². The molecule has 1 aromatic heterocycles. The summed E-state index contributed by atoms with van der Waals surface area (Å²) in [5.41, 5.74) is 4.67. The zero-order valence-corrected chi connectivity index (χ0v) is 10.4. The van der Waals surface area contributed by atoms with Crippen LogP contribution < -0.4 is 10.1 Å². The monoisotopic (exact) mass is 240 g/mol. The van der Waals surface area contributed by atoms with Crippen LogP contribution in [0.3, 0.4) is 0 Å². The number of nitrogens with zero attached hydrogens (tertiary/aromatic N) is 1. The van der Waals surface area contributed by atoms with Gasteiger partial charge < -0.3 is 10.1 Å². The number of anilines is 1. The fourth-order valence-electron chi connectivity index (χ4n) is 2.10. The molecule has 0 unspecified atom stereocenters. The maximum atomic E-state index is 5.49.